The Balaban J connectivity index is 1.49. The molecule has 0 spiro atoms. The number of hydrogen-bond acceptors (Lipinski definition) is 6. The number of nitrogens with zero attached hydrogens (tertiary/aromatic N) is 5. The van der Waals surface area contributed by atoms with Crippen LogP contribution >= 0.6 is 0 Å². The average Bonchev–Trinajstić information content (AvgIpc) is 3.39. The maximum absolute atomic E-state index is 13.2. The molecule has 0 radical (unpaired) electrons. The second kappa shape index (κ2) is 8.29. The standard InChI is InChI=1S/C22H27N5O3/c1-29-11-10-27-21(24-18-6-3-2-5-17(18)22(27)28)19-7-4-8-25(19)13-16-14-26-9-12-30-15-20(26)23-16/h2-3,5-6,14,19H,4,7-13,15H2,1H3. The molecule has 8 heteroatoms. The van der Waals surface area contributed by atoms with Crippen molar-refractivity contribution >= 4 is 10.9 Å². The summed E-state index contributed by atoms with van der Waals surface area (Å²) in [4.78, 5) is 25.3. The minimum atomic E-state index is 0.00843. The Morgan fingerprint density at radius 1 is 1.23 bits per heavy atom. The molecule has 0 N–H and O–H groups in total. The quantitative estimate of drug-likeness (QED) is 0.621. The number of aromatic nitrogens is 4. The second-order valence-electron chi connectivity index (χ2n) is 7.96. The normalized spacial score (nSPS) is 19.4. The average molecular weight is 409 g/mol. The number of rotatable bonds is 6. The lowest BCUT2D eigenvalue weighted by Crippen LogP contribution is -2.33. The van der Waals surface area contributed by atoms with Crippen molar-refractivity contribution in [1.82, 2.24) is 24.0 Å². The van der Waals surface area contributed by atoms with E-state index in [1.54, 1.807) is 11.7 Å². The molecule has 158 valence electrons. The van der Waals surface area contributed by atoms with E-state index in [9.17, 15) is 4.79 Å². The molecular formula is C22H27N5O3. The van der Waals surface area contributed by atoms with E-state index in [4.69, 9.17) is 19.4 Å². The molecule has 0 amide bonds. The summed E-state index contributed by atoms with van der Waals surface area (Å²) >= 11 is 0. The second-order valence-corrected chi connectivity index (χ2v) is 7.96. The lowest BCUT2D eigenvalue weighted by Gasteiger charge is -2.26. The fraction of sp³-hybridized carbons (Fsp3) is 0.500. The maximum atomic E-state index is 13.2. The van der Waals surface area contributed by atoms with Gasteiger partial charge < -0.3 is 14.0 Å². The summed E-state index contributed by atoms with van der Waals surface area (Å²) in [5, 5.41) is 0.656. The number of ether oxygens (including phenoxy) is 2. The molecule has 1 saturated heterocycles. The highest BCUT2D eigenvalue weighted by atomic mass is 16.5. The Morgan fingerprint density at radius 3 is 3.00 bits per heavy atom. The summed E-state index contributed by atoms with van der Waals surface area (Å²) in [6.45, 7) is 4.87. The van der Waals surface area contributed by atoms with Gasteiger partial charge in [-0.2, -0.15) is 0 Å². The van der Waals surface area contributed by atoms with E-state index in [2.05, 4.69) is 15.7 Å². The smallest absolute Gasteiger partial charge is 0.261 e. The highest BCUT2D eigenvalue weighted by molar-refractivity contribution is 5.77. The zero-order chi connectivity index (χ0) is 20.5. The molecule has 1 aromatic carbocycles. The molecule has 2 aliphatic rings. The minimum Gasteiger partial charge on any atom is -0.383 e. The first-order valence-electron chi connectivity index (χ1n) is 10.6. The molecule has 0 bridgehead atoms. The summed E-state index contributed by atoms with van der Waals surface area (Å²) < 4.78 is 14.8. The Morgan fingerprint density at radius 2 is 2.13 bits per heavy atom. The predicted molar refractivity (Wildman–Crippen MR) is 112 cm³/mol. The van der Waals surface area contributed by atoms with E-state index in [1.165, 1.54) is 0 Å². The molecular weight excluding hydrogens is 382 g/mol. The molecule has 2 aromatic heterocycles. The van der Waals surface area contributed by atoms with Crippen LogP contribution < -0.4 is 5.56 Å². The monoisotopic (exact) mass is 409 g/mol. The highest BCUT2D eigenvalue weighted by Gasteiger charge is 2.31. The number of imidazole rings is 1. The predicted octanol–water partition coefficient (Wildman–Crippen LogP) is 2.11. The SMILES string of the molecule is COCCn1c(C2CCCN2Cc2cn3c(n2)COCC3)nc2ccccc2c1=O. The van der Waals surface area contributed by atoms with Crippen LogP contribution in [-0.2, 0) is 35.7 Å². The van der Waals surface area contributed by atoms with E-state index >= 15 is 0 Å². The van der Waals surface area contributed by atoms with Crippen molar-refractivity contribution in [2.24, 2.45) is 0 Å². The third-order valence-electron chi connectivity index (χ3n) is 6.05. The van der Waals surface area contributed by atoms with Crippen LogP contribution in [0.3, 0.4) is 0 Å². The van der Waals surface area contributed by atoms with Crippen molar-refractivity contribution < 1.29 is 9.47 Å². The molecule has 5 rings (SSSR count). The Labute approximate surface area is 175 Å². The lowest BCUT2D eigenvalue weighted by atomic mass is 10.1. The summed E-state index contributed by atoms with van der Waals surface area (Å²) in [5.41, 5.74) is 1.82. The van der Waals surface area contributed by atoms with Gasteiger partial charge in [-0.25, -0.2) is 9.97 Å². The zero-order valence-electron chi connectivity index (χ0n) is 17.3. The topological polar surface area (TPSA) is 74.4 Å². The van der Waals surface area contributed by atoms with E-state index in [0.717, 1.165) is 61.9 Å². The lowest BCUT2D eigenvalue weighted by molar-refractivity contribution is 0.0816. The maximum Gasteiger partial charge on any atom is 0.261 e. The molecule has 1 fully saturated rings. The Bertz CT molecular complexity index is 1080. The first-order valence-corrected chi connectivity index (χ1v) is 10.6. The largest absolute Gasteiger partial charge is 0.383 e. The van der Waals surface area contributed by atoms with Crippen LogP contribution in [-0.4, -0.2) is 50.9 Å². The number of hydrogen-bond donors (Lipinski definition) is 0. The number of benzene rings is 1. The number of methoxy groups -OCH3 is 1. The van der Waals surface area contributed by atoms with Gasteiger partial charge in [-0.15, -0.1) is 0 Å². The van der Waals surface area contributed by atoms with Crippen LogP contribution in [0.5, 0.6) is 0 Å². The third-order valence-corrected chi connectivity index (χ3v) is 6.05. The van der Waals surface area contributed by atoms with Crippen molar-refractivity contribution in [1.29, 1.82) is 0 Å². The van der Waals surface area contributed by atoms with Crippen LogP contribution in [0.25, 0.3) is 10.9 Å². The third kappa shape index (κ3) is 3.55. The van der Waals surface area contributed by atoms with Gasteiger partial charge in [0.1, 0.15) is 18.3 Å². The Hall–Kier alpha value is -2.55. The fourth-order valence-corrected chi connectivity index (χ4v) is 4.58. The van der Waals surface area contributed by atoms with Gasteiger partial charge in [0.25, 0.3) is 5.56 Å². The molecule has 1 unspecified atom stereocenters. The summed E-state index contributed by atoms with van der Waals surface area (Å²) in [6.07, 6.45) is 4.20. The van der Waals surface area contributed by atoms with E-state index in [0.29, 0.717) is 25.1 Å². The van der Waals surface area contributed by atoms with E-state index < -0.39 is 0 Å². The molecule has 2 aliphatic heterocycles. The summed E-state index contributed by atoms with van der Waals surface area (Å²) in [6, 6.07) is 7.68. The summed E-state index contributed by atoms with van der Waals surface area (Å²) in [7, 11) is 1.66. The van der Waals surface area contributed by atoms with Gasteiger partial charge in [-0.1, -0.05) is 12.1 Å². The van der Waals surface area contributed by atoms with E-state index in [1.807, 2.05) is 24.3 Å². The van der Waals surface area contributed by atoms with Gasteiger partial charge >= 0.3 is 0 Å². The van der Waals surface area contributed by atoms with Gasteiger partial charge in [0, 0.05) is 26.4 Å². The molecule has 4 heterocycles. The molecule has 8 nitrogen and oxygen atoms in total. The number of likely N-dealkylation sites (tertiary alicyclic amines) is 1. The van der Waals surface area contributed by atoms with Crippen LogP contribution in [0, 0.1) is 0 Å². The molecule has 0 aliphatic carbocycles. The summed E-state index contributed by atoms with van der Waals surface area (Å²) in [5.74, 6) is 1.83. The van der Waals surface area contributed by atoms with Gasteiger partial charge in [0.15, 0.2) is 0 Å². The number of para-hydroxylation sites is 1. The van der Waals surface area contributed by atoms with Gasteiger partial charge in [0.2, 0.25) is 0 Å². The van der Waals surface area contributed by atoms with Gasteiger partial charge in [0.05, 0.1) is 42.4 Å². The van der Waals surface area contributed by atoms with Gasteiger partial charge in [-0.05, 0) is 31.5 Å². The molecule has 1 atom stereocenters. The van der Waals surface area contributed by atoms with Crippen LogP contribution in [0.2, 0.25) is 0 Å². The highest BCUT2D eigenvalue weighted by Crippen LogP contribution is 2.32. The van der Waals surface area contributed by atoms with Crippen LogP contribution in [0.4, 0.5) is 0 Å². The minimum absolute atomic E-state index is 0.00843. The van der Waals surface area contributed by atoms with Crippen molar-refractivity contribution in [3.05, 3.63) is 58.2 Å². The van der Waals surface area contributed by atoms with Crippen LogP contribution in [0.15, 0.2) is 35.3 Å². The van der Waals surface area contributed by atoms with E-state index in [-0.39, 0.29) is 11.6 Å². The zero-order valence-corrected chi connectivity index (χ0v) is 17.3. The first-order chi connectivity index (χ1) is 14.7. The molecule has 30 heavy (non-hydrogen) atoms. The Kier molecular flexibility index (Phi) is 5.37. The van der Waals surface area contributed by atoms with Crippen LogP contribution in [0.1, 0.15) is 36.2 Å². The molecule has 3 aromatic rings. The first kappa shape index (κ1) is 19.4. The fourth-order valence-electron chi connectivity index (χ4n) is 4.58. The van der Waals surface area contributed by atoms with Crippen molar-refractivity contribution in [3.63, 3.8) is 0 Å². The van der Waals surface area contributed by atoms with Crippen molar-refractivity contribution in [3.8, 4) is 0 Å². The molecule has 0 saturated carbocycles. The van der Waals surface area contributed by atoms with Gasteiger partial charge in [-0.3, -0.25) is 14.3 Å². The van der Waals surface area contributed by atoms with Crippen molar-refractivity contribution in [2.45, 2.75) is 45.1 Å². The van der Waals surface area contributed by atoms with Crippen molar-refractivity contribution in [2.75, 3.05) is 26.9 Å². The number of fused-ring (bicyclic) bond motifs is 2.